The largest absolute Gasteiger partial charge is 0.481 e. The summed E-state index contributed by atoms with van der Waals surface area (Å²) in [6, 6.07) is 14.3. The molecule has 1 aliphatic rings. The second-order valence-electron chi connectivity index (χ2n) is 13.2. The number of hydrogen-bond acceptors (Lipinski definition) is 6. The van der Waals surface area contributed by atoms with Gasteiger partial charge >= 0.3 is 5.97 Å². The molecule has 4 bridgehead atoms. The number of aromatic amines is 1. The monoisotopic (exact) mass is 639 g/mol. The van der Waals surface area contributed by atoms with Crippen LogP contribution < -0.4 is 0 Å². The molecule has 0 radical (unpaired) electrons. The lowest BCUT2D eigenvalue weighted by molar-refractivity contribution is -0.136. The number of carbonyl (C=O) groups is 2. The number of carbonyl (C=O) groups excluding carboxylic acids is 1. The van der Waals surface area contributed by atoms with Gasteiger partial charge < -0.3 is 10.1 Å². The predicted octanol–water partition coefficient (Wildman–Crippen LogP) is 7.15. The number of pyridine rings is 1. The average molecular weight is 640 g/mol. The Kier molecular flexibility index (Phi) is 8.58. The number of benzene rings is 2. The maximum Gasteiger partial charge on any atom is 0.307 e. The summed E-state index contributed by atoms with van der Waals surface area (Å²) in [7, 11) is 1.80. The summed E-state index contributed by atoms with van der Waals surface area (Å²) in [5.74, 6) is 0.911. The number of nitrogens with zero attached hydrogens (tertiary/aromatic N) is 4. The van der Waals surface area contributed by atoms with Crippen LogP contribution in [0.5, 0.6) is 0 Å². The SMILES string of the molecule is Cn1nc2nc1-c1cc(ccn1)C(=O)c1c(F)cc3[nH]ccc3c1CCSCC(C)(C)CCC[C@]2(C)c1cccc(CC(=O)O)c1. The lowest BCUT2D eigenvalue weighted by atomic mass is 9.75. The molecule has 2 aromatic carbocycles. The van der Waals surface area contributed by atoms with E-state index in [9.17, 15) is 14.7 Å². The standard InChI is InChI=1S/C36H38FN5O3S/c1-35(2)12-6-13-36(3,24-8-5-7-22(17-24)18-30(43)44)34-40-33(42(4)41-34)29-19-23(9-14-39-29)32(45)31-26(11-16-46-21-35)25-10-15-38-28(25)20-27(31)37/h5,7-10,14-15,17,19-20,38H,6,11-13,16,18,21H2,1-4H3,(H,43,44)/t36-/m1/s1. The molecule has 8 nitrogen and oxygen atoms in total. The van der Waals surface area contributed by atoms with Gasteiger partial charge in [0.1, 0.15) is 11.5 Å². The molecule has 46 heavy (non-hydrogen) atoms. The molecule has 0 spiro atoms. The minimum Gasteiger partial charge on any atom is -0.481 e. The number of H-pyrrole nitrogens is 1. The topological polar surface area (TPSA) is 114 Å². The third kappa shape index (κ3) is 6.23. The van der Waals surface area contributed by atoms with E-state index in [-0.39, 0.29) is 17.4 Å². The fraction of sp³-hybridized carbons (Fsp3) is 0.361. The highest BCUT2D eigenvalue weighted by Crippen LogP contribution is 2.39. The molecule has 10 heteroatoms. The summed E-state index contributed by atoms with van der Waals surface area (Å²) in [6.45, 7) is 6.64. The summed E-state index contributed by atoms with van der Waals surface area (Å²) in [5, 5.41) is 15.2. The number of halogens is 1. The van der Waals surface area contributed by atoms with Gasteiger partial charge in [-0.05, 0) is 84.1 Å². The number of aryl methyl sites for hydroxylation is 2. The van der Waals surface area contributed by atoms with Gasteiger partial charge in [0.2, 0.25) is 0 Å². The molecule has 2 N–H and O–H groups in total. The minimum absolute atomic E-state index is 0.0240. The molecule has 238 valence electrons. The number of carboxylic acids is 1. The number of nitrogens with one attached hydrogen (secondary N) is 1. The minimum atomic E-state index is -0.884. The van der Waals surface area contributed by atoms with Crippen LogP contribution in [0.2, 0.25) is 0 Å². The van der Waals surface area contributed by atoms with Crippen LogP contribution in [0.4, 0.5) is 4.39 Å². The van der Waals surface area contributed by atoms with Crippen molar-refractivity contribution in [2.45, 2.75) is 58.3 Å². The highest BCUT2D eigenvalue weighted by Gasteiger charge is 2.35. The smallest absolute Gasteiger partial charge is 0.307 e. The van der Waals surface area contributed by atoms with Crippen LogP contribution in [0.3, 0.4) is 0 Å². The summed E-state index contributed by atoms with van der Waals surface area (Å²) in [5.41, 5.74) is 3.34. The van der Waals surface area contributed by atoms with Crippen LogP contribution >= 0.6 is 11.8 Å². The van der Waals surface area contributed by atoms with Crippen LogP contribution in [0, 0.1) is 11.2 Å². The van der Waals surface area contributed by atoms with Crippen molar-refractivity contribution in [2.24, 2.45) is 12.5 Å². The Labute approximate surface area is 271 Å². The Morgan fingerprint density at radius 1 is 1.13 bits per heavy atom. The number of carboxylic acid groups (broad SMARTS) is 1. The van der Waals surface area contributed by atoms with Crippen LogP contribution in [-0.2, 0) is 30.1 Å². The number of fused-ring (bicyclic) bond motifs is 8. The second kappa shape index (κ2) is 12.5. The lowest BCUT2D eigenvalue weighted by Crippen LogP contribution is -2.27. The van der Waals surface area contributed by atoms with Gasteiger partial charge in [-0.3, -0.25) is 14.6 Å². The zero-order chi connectivity index (χ0) is 32.6. The lowest BCUT2D eigenvalue weighted by Gasteiger charge is -2.30. The van der Waals surface area contributed by atoms with Gasteiger partial charge in [0, 0.05) is 35.9 Å². The van der Waals surface area contributed by atoms with Crippen molar-refractivity contribution >= 4 is 34.4 Å². The maximum atomic E-state index is 15.7. The molecule has 1 aliphatic heterocycles. The molecule has 6 rings (SSSR count). The molecule has 0 unspecified atom stereocenters. The molecule has 5 aromatic rings. The molecule has 0 amide bonds. The first-order valence-corrected chi connectivity index (χ1v) is 16.7. The van der Waals surface area contributed by atoms with E-state index in [0.717, 1.165) is 47.3 Å². The first-order chi connectivity index (χ1) is 21.9. The van der Waals surface area contributed by atoms with E-state index < -0.39 is 23.0 Å². The van der Waals surface area contributed by atoms with E-state index in [2.05, 4.69) is 30.7 Å². The Bertz CT molecular complexity index is 1950. The molecule has 4 heterocycles. The van der Waals surface area contributed by atoms with Crippen molar-refractivity contribution in [3.8, 4) is 11.5 Å². The Balaban J connectivity index is 1.48. The zero-order valence-corrected chi connectivity index (χ0v) is 27.4. The summed E-state index contributed by atoms with van der Waals surface area (Å²) in [6.07, 6.45) is 6.44. The quantitative estimate of drug-likeness (QED) is 0.216. The van der Waals surface area contributed by atoms with Crippen molar-refractivity contribution in [3.63, 3.8) is 0 Å². The van der Waals surface area contributed by atoms with E-state index in [4.69, 9.17) is 10.1 Å². The third-order valence-corrected chi connectivity index (χ3v) is 10.6. The molecule has 0 saturated heterocycles. The van der Waals surface area contributed by atoms with Gasteiger partial charge in [0.15, 0.2) is 17.4 Å². The average Bonchev–Trinajstić information content (AvgIpc) is 3.65. The number of thioether (sulfide) groups is 1. The molecular weight excluding hydrogens is 601 g/mol. The van der Waals surface area contributed by atoms with E-state index in [1.165, 1.54) is 6.07 Å². The molecule has 0 fully saturated rings. The summed E-state index contributed by atoms with van der Waals surface area (Å²) >= 11 is 1.82. The van der Waals surface area contributed by atoms with E-state index in [0.29, 0.717) is 40.4 Å². The number of ketones is 1. The van der Waals surface area contributed by atoms with E-state index in [1.807, 2.05) is 42.1 Å². The zero-order valence-electron chi connectivity index (χ0n) is 26.6. The van der Waals surface area contributed by atoms with Crippen molar-refractivity contribution in [1.29, 1.82) is 0 Å². The van der Waals surface area contributed by atoms with Gasteiger partial charge in [-0.2, -0.15) is 16.9 Å². The fourth-order valence-electron chi connectivity index (χ4n) is 6.53. The van der Waals surface area contributed by atoms with Gasteiger partial charge in [-0.15, -0.1) is 0 Å². The maximum absolute atomic E-state index is 15.7. The number of rotatable bonds is 3. The Morgan fingerprint density at radius 3 is 2.76 bits per heavy atom. The van der Waals surface area contributed by atoms with Crippen LogP contribution in [0.1, 0.15) is 78.5 Å². The number of aliphatic carboxylic acids is 1. The van der Waals surface area contributed by atoms with Gasteiger partial charge in [0.25, 0.3) is 0 Å². The van der Waals surface area contributed by atoms with E-state index >= 15 is 4.39 Å². The summed E-state index contributed by atoms with van der Waals surface area (Å²) < 4.78 is 17.4. The predicted molar refractivity (Wildman–Crippen MR) is 179 cm³/mol. The fourth-order valence-corrected chi connectivity index (χ4v) is 7.72. The first kappa shape index (κ1) is 31.7. The van der Waals surface area contributed by atoms with Crippen molar-refractivity contribution in [1.82, 2.24) is 24.7 Å². The number of hydrogen-bond donors (Lipinski definition) is 2. The van der Waals surface area contributed by atoms with Gasteiger partial charge in [-0.25, -0.2) is 14.1 Å². The second-order valence-corrected chi connectivity index (χ2v) is 14.3. The normalized spacial score (nSPS) is 18.9. The van der Waals surface area contributed by atoms with Gasteiger partial charge in [0.05, 0.1) is 17.4 Å². The third-order valence-electron chi connectivity index (χ3n) is 9.09. The Morgan fingerprint density at radius 2 is 1.96 bits per heavy atom. The summed E-state index contributed by atoms with van der Waals surface area (Å²) in [4.78, 5) is 38.2. The molecule has 0 saturated carbocycles. The van der Waals surface area contributed by atoms with Crippen LogP contribution in [-0.4, -0.2) is 53.1 Å². The van der Waals surface area contributed by atoms with Crippen molar-refractivity contribution < 1.29 is 19.1 Å². The highest BCUT2D eigenvalue weighted by atomic mass is 32.2. The molecule has 3 aromatic heterocycles. The van der Waals surface area contributed by atoms with Crippen LogP contribution in [0.25, 0.3) is 22.4 Å². The highest BCUT2D eigenvalue weighted by molar-refractivity contribution is 7.99. The van der Waals surface area contributed by atoms with Crippen molar-refractivity contribution in [2.75, 3.05) is 11.5 Å². The molecular formula is C36H38FN5O3S. The van der Waals surface area contributed by atoms with Gasteiger partial charge in [-0.1, -0.05) is 44.5 Å². The van der Waals surface area contributed by atoms with Crippen LogP contribution in [0.15, 0.2) is 60.9 Å². The first-order valence-electron chi connectivity index (χ1n) is 15.6. The molecule has 0 aliphatic carbocycles. The molecule has 1 atom stereocenters. The van der Waals surface area contributed by atoms with E-state index in [1.54, 1.807) is 36.3 Å². The Hall–Kier alpha value is -4.31. The van der Waals surface area contributed by atoms with Crippen molar-refractivity contribution in [3.05, 3.63) is 100 Å². The number of aromatic nitrogens is 5.